The summed E-state index contributed by atoms with van der Waals surface area (Å²) in [5, 5.41) is 9.31. The number of rotatable bonds is 4. The van der Waals surface area contributed by atoms with Crippen LogP contribution in [0.25, 0.3) is 0 Å². The number of carbonyl (C=O) groups is 2. The van der Waals surface area contributed by atoms with Crippen LogP contribution in [0.1, 0.15) is 15.9 Å². The highest BCUT2D eigenvalue weighted by Crippen LogP contribution is 2.29. The predicted molar refractivity (Wildman–Crippen MR) is 81.9 cm³/mol. The van der Waals surface area contributed by atoms with E-state index in [9.17, 15) is 14.7 Å². The number of para-hydroxylation sites is 1. The number of aromatic carboxylic acids is 1. The third kappa shape index (κ3) is 3.00. The number of carboxylic acids is 1. The van der Waals surface area contributed by atoms with Crippen molar-refractivity contribution in [3.63, 3.8) is 0 Å². The third-order valence-electron chi connectivity index (χ3n) is 3.03. The molecule has 2 aromatic carbocycles. The van der Waals surface area contributed by atoms with Gasteiger partial charge in [0.2, 0.25) is 0 Å². The molecule has 0 aromatic heterocycles. The predicted octanol–water partition coefficient (Wildman–Crippen LogP) is 3.54. The van der Waals surface area contributed by atoms with E-state index in [1.807, 2.05) is 25.1 Å². The molecule has 0 unspecified atom stereocenters. The minimum atomic E-state index is -1.08. The van der Waals surface area contributed by atoms with E-state index >= 15 is 0 Å². The molecule has 0 spiro atoms. The fourth-order valence-electron chi connectivity index (χ4n) is 2.09. The lowest BCUT2D eigenvalue weighted by atomic mass is 10.1. The number of anilines is 2. The van der Waals surface area contributed by atoms with Gasteiger partial charge in [-0.3, -0.25) is 9.69 Å². The highest BCUT2D eigenvalue weighted by atomic mass is 16.4. The maximum absolute atomic E-state index is 12.2. The molecule has 21 heavy (non-hydrogen) atoms. The van der Waals surface area contributed by atoms with Gasteiger partial charge in [-0.25, -0.2) is 4.79 Å². The van der Waals surface area contributed by atoms with Gasteiger partial charge in [0.1, 0.15) is 0 Å². The molecule has 0 bridgehead atoms. The number of hydrogen-bond acceptors (Lipinski definition) is 2. The summed E-state index contributed by atoms with van der Waals surface area (Å²) in [5.41, 5.74) is 1.96. The molecule has 0 fully saturated rings. The van der Waals surface area contributed by atoms with Crippen LogP contribution in [0.5, 0.6) is 0 Å². The lowest BCUT2D eigenvalue weighted by molar-refractivity contribution is -0.113. The number of amides is 1. The molecule has 0 aliphatic heterocycles. The zero-order chi connectivity index (χ0) is 15.4. The fraction of sp³-hybridized carbons (Fsp3) is 0.0588. The van der Waals surface area contributed by atoms with Crippen LogP contribution in [0.15, 0.2) is 61.2 Å². The van der Waals surface area contributed by atoms with E-state index in [0.717, 1.165) is 5.56 Å². The number of carbonyl (C=O) groups excluding carboxylic acids is 1. The molecule has 2 aromatic rings. The molecule has 4 nitrogen and oxygen atoms in total. The first-order chi connectivity index (χ1) is 10.0. The van der Waals surface area contributed by atoms with E-state index in [2.05, 4.69) is 6.58 Å². The summed E-state index contributed by atoms with van der Waals surface area (Å²) in [6.45, 7) is 5.40. The topological polar surface area (TPSA) is 57.6 Å². The van der Waals surface area contributed by atoms with Gasteiger partial charge in [-0.15, -0.1) is 0 Å². The molecule has 0 aliphatic rings. The molecular formula is C17H15NO3. The first kappa shape index (κ1) is 14.5. The molecule has 4 heteroatoms. The van der Waals surface area contributed by atoms with Gasteiger partial charge in [-0.2, -0.15) is 0 Å². The third-order valence-corrected chi connectivity index (χ3v) is 3.03. The van der Waals surface area contributed by atoms with Gasteiger partial charge in [-0.05, 0) is 42.8 Å². The van der Waals surface area contributed by atoms with Crippen LogP contribution < -0.4 is 4.90 Å². The Morgan fingerprint density at radius 3 is 2.48 bits per heavy atom. The summed E-state index contributed by atoms with van der Waals surface area (Å²) in [7, 11) is 0. The Kier molecular flexibility index (Phi) is 4.18. The largest absolute Gasteiger partial charge is 0.478 e. The van der Waals surface area contributed by atoms with Crippen molar-refractivity contribution in [1.29, 1.82) is 0 Å². The molecule has 0 saturated heterocycles. The van der Waals surface area contributed by atoms with E-state index in [4.69, 9.17) is 0 Å². The molecular weight excluding hydrogens is 266 g/mol. The number of hydrogen-bond donors (Lipinski definition) is 1. The monoisotopic (exact) mass is 281 g/mol. The highest BCUT2D eigenvalue weighted by Gasteiger charge is 2.21. The van der Waals surface area contributed by atoms with Gasteiger partial charge in [-0.1, -0.05) is 30.8 Å². The zero-order valence-corrected chi connectivity index (χ0v) is 11.6. The SMILES string of the molecule is C=CC(=O)N(c1cccc(C)c1)c1ccccc1C(=O)O. The normalized spacial score (nSPS) is 9.95. The summed E-state index contributed by atoms with van der Waals surface area (Å²) in [6.07, 6.45) is 1.17. The summed E-state index contributed by atoms with van der Waals surface area (Å²) >= 11 is 0. The van der Waals surface area contributed by atoms with E-state index in [0.29, 0.717) is 11.4 Å². The zero-order valence-electron chi connectivity index (χ0n) is 11.6. The molecule has 1 amide bonds. The Hall–Kier alpha value is -2.88. The van der Waals surface area contributed by atoms with E-state index < -0.39 is 5.97 Å². The molecule has 0 saturated carbocycles. The van der Waals surface area contributed by atoms with Crippen molar-refractivity contribution >= 4 is 23.3 Å². The first-order valence-corrected chi connectivity index (χ1v) is 6.40. The molecule has 0 atom stereocenters. The smallest absolute Gasteiger partial charge is 0.337 e. The van der Waals surface area contributed by atoms with Gasteiger partial charge in [0.25, 0.3) is 5.91 Å². The van der Waals surface area contributed by atoms with Gasteiger partial charge in [0.15, 0.2) is 0 Å². The van der Waals surface area contributed by atoms with Crippen LogP contribution in [0.2, 0.25) is 0 Å². The maximum atomic E-state index is 12.2. The van der Waals surface area contributed by atoms with Crippen LogP contribution in [-0.4, -0.2) is 17.0 Å². The van der Waals surface area contributed by atoms with Crippen molar-refractivity contribution < 1.29 is 14.7 Å². The lowest BCUT2D eigenvalue weighted by Crippen LogP contribution is -2.25. The average Bonchev–Trinajstić information content (AvgIpc) is 2.47. The highest BCUT2D eigenvalue weighted by molar-refractivity contribution is 6.10. The quantitative estimate of drug-likeness (QED) is 0.872. The van der Waals surface area contributed by atoms with E-state index in [1.54, 1.807) is 24.3 Å². The molecule has 0 heterocycles. The minimum absolute atomic E-state index is 0.0641. The lowest BCUT2D eigenvalue weighted by Gasteiger charge is -2.23. The van der Waals surface area contributed by atoms with Gasteiger partial charge >= 0.3 is 5.97 Å². The maximum Gasteiger partial charge on any atom is 0.337 e. The second-order valence-corrected chi connectivity index (χ2v) is 4.54. The molecule has 106 valence electrons. The van der Waals surface area contributed by atoms with Crippen molar-refractivity contribution in [2.45, 2.75) is 6.92 Å². The van der Waals surface area contributed by atoms with Crippen LogP contribution in [-0.2, 0) is 4.79 Å². The Balaban J connectivity index is 2.65. The van der Waals surface area contributed by atoms with Crippen molar-refractivity contribution in [2.24, 2.45) is 0 Å². The van der Waals surface area contributed by atoms with Gasteiger partial charge in [0, 0.05) is 5.69 Å². The summed E-state index contributed by atoms with van der Waals surface area (Å²) in [4.78, 5) is 24.9. The number of nitrogens with zero attached hydrogens (tertiary/aromatic N) is 1. The van der Waals surface area contributed by atoms with Crippen LogP contribution in [0.3, 0.4) is 0 Å². The minimum Gasteiger partial charge on any atom is -0.478 e. The van der Waals surface area contributed by atoms with Crippen molar-refractivity contribution in [1.82, 2.24) is 0 Å². The first-order valence-electron chi connectivity index (χ1n) is 6.40. The van der Waals surface area contributed by atoms with Gasteiger partial charge in [0.05, 0.1) is 11.3 Å². The molecule has 2 rings (SSSR count). The Morgan fingerprint density at radius 2 is 1.86 bits per heavy atom. The van der Waals surface area contributed by atoms with Crippen LogP contribution in [0, 0.1) is 6.92 Å². The fourth-order valence-corrected chi connectivity index (χ4v) is 2.09. The Morgan fingerprint density at radius 1 is 1.14 bits per heavy atom. The Bertz CT molecular complexity index is 707. The standard InChI is InChI=1S/C17H15NO3/c1-3-16(19)18(13-8-6-7-12(2)11-13)15-10-5-4-9-14(15)17(20)21/h3-11H,1H2,2H3,(H,20,21). The van der Waals surface area contributed by atoms with Crippen LogP contribution >= 0.6 is 0 Å². The average molecular weight is 281 g/mol. The number of carboxylic acid groups (broad SMARTS) is 1. The van der Waals surface area contributed by atoms with Crippen molar-refractivity contribution in [2.75, 3.05) is 4.90 Å². The summed E-state index contributed by atoms with van der Waals surface area (Å²) in [6, 6.07) is 13.7. The van der Waals surface area contributed by atoms with Crippen molar-refractivity contribution in [3.8, 4) is 0 Å². The summed E-state index contributed by atoms with van der Waals surface area (Å²) < 4.78 is 0. The second-order valence-electron chi connectivity index (χ2n) is 4.54. The number of benzene rings is 2. The molecule has 1 N–H and O–H groups in total. The molecule has 0 aliphatic carbocycles. The number of aryl methyl sites for hydroxylation is 1. The van der Waals surface area contributed by atoms with Gasteiger partial charge < -0.3 is 5.11 Å². The van der Waals surface area contributed by atoms with E-state index in [-0.39, 0.29) is 11.5 Å². The summed E-state index contributed by atoms with van der Waals surface area (Å²) in [5.74, 6) is -1.46. The second kappa shape index (κ2) is 6.05. The Labute approximate surface area is 123 Å². The van der Waals surface area contributed by atoms with Crippen LogP contribution in [0.4, 0.5) is 11.4 Å². The van der Waals surface area contributed by atoms with Crippen molar-refractivity contribution in [3.05, 3.63) is 72.3 Å². The molecule has 0 radical (unpaired) electrons. The van der Waals surface area contributed by atoms with E-state index in [1.165, 1.54) is 17.0 Å².